The number of primary amides is 1. The molecule has 1 aromatic rings. The quantitative estimate of drug-likeness (QED) is 0.799. The minimum absolute atomic E-state index is 0.0817. The summed E-state index contributed by atoms with van der Waals surface area (Å²) in [6.45, 7) is 0.0817. The van der Waals surface area contributed by atoms with E-state index in [0.717, 1.165) is 25.7 Å². The van der Waals surface area contributed by atoms with Gasteiger partial charge in [0.1, 0.15) is 5.82 Å². The van der Waals surface area contributed by atoms with Crippen molar-refractivity contribution >= 4 is 17.3 Å². The van der Waals surface area contributed by atoms with Gasteiger partial charge in [-0.1, -0.05) is 12.8 Å². The topological polar surface area (TPSA) is 72.4 Å². The Labute approximate surface area is 106 Å². The number of anilines is 2. The zero-order chi connectivity index (χ0) is 13.1. The van der Waals surface area contributed by atoms with Crippen LogP contribution in [0.15, 0.2) is 18.2 Å². The van der Waals surface area contributed by atoms with Gasteiger partial charge < -0.3 is 16.4 Å². The Bertz CT molecular complexity index is 444. The average Bonchev–Trinajstić information content (AvgIpc) is 2.82. The molecule has 1 amide bonds. The van der Waals surface area contributed by atoms with Crippen molar-refractivity contribution in [2.45, 2.75) is 31.7 Å². The summed E-state index contributed by atoms with van der Waals surface area (Å²) in [6, 6.07) is 4.43. The van der Waals surface area contributed by atoms with Crippen LogP contribution in [0.2, 0.25) is 0 Å². The van der Waals surface area contributed by atoms with Gasteiger partial charge in [-0.2, -0.15) is 0 Å². The summed E-state index contributed by atoms with van der Waals surface area (Å²) in [5.41, 5.74) is 12.2. The fourth-order valence-corrected chi connectivity index (χ4v) is 2.56. The standard InChI is InChI=1S/C13H18FN3O/c14-9-5-6-11(15)12(7-9)17(8-13(16)18)10-3-1-2-4-10/h5-7,10H,1-4,8,15H2,(H2,16,18). The lowest BCUT2D eigenvalue weighted by Gasteiger charge is -2.31. The SMILES string of the molecule is NC(=O)CN(c1cc(F)ccc1N)C1CCCC1. The first-order valence-corrected chi connectivity index (χ1v) is 6.18. The molecule has 4 N–H and O–H groups in total. The van der Waals surface area contributed by atoms with Gasteiger partial charge in [-0.15, -0.1) is 0 Å². The van der Waals surface area contributed by atoms with Crippen LogP contribution in [0.5, 0.6) is 0 Å². The molecule has 1 aliphatic carbocycles. The molecule has 0 aliphatic heterocycles. The van der Waals surface area contributed by atoms with E-state index in [0.29, 0.717) is 11.4 Å². The number of amides is 1. The predicted octanol–water partition coefficient (Wildman–Crippen LogP) is 1.64. The van der Waals surface area contributed by atoms with Crippen LogP contribution in [-0.4, -0.2) is 18.5 Å². The van der Waals surface area contributed by atoms with Gasteiger partial charge in [0, 0.05) is 6.04 Å². The molecule has 4 nitrogen and oxygen atoms in total. The number of nitrogens with two attached hydrogens (primary N) is 2. The highest BCUT2D eigenvalue weighted by Gasteiger charge is 2.25. The average molecular weight is 251 g/mol. The molecule has 0 aromatic heterocycles. The van der Waals surface area contributed by atoms with Crippen molar-refractivity contribution in [1.82, 2.24) is 0 Å². The number of benzene rings is 1. The zero-order valence-electron chi connectivity index (χ0n) is 10.2. The molecule has 0 bridgehead atoms. The molecule has 1 fully saturated rings. The van der Waals surface area contributed by atoms with Gasteiger partial charge >= 0.3 is 0 Å². The van der Waals surface area contributed by atoms with E-state index in [1.165, 1.54) is 18.2 Å². The second-order valence-electron chi connectivity index (χ2n) is 4.74. The Morgan fingerprint density at radius 3 is 2.67 bits per heavy atom. The summed E-state index contributed by atoms with van der Waals surface area (Å²) in [6.07, 6.45) is 4.22. The molecule has 0 saturated heterocycles. The number of hydrogen-bond donors (Lipinski definition) is 2. The number of carbonyl (C=O) groups is 1. The van der Waals surface area contributed by atoms with Crippen LogP contribution in [0, 0.1) is 5.82 Å². The first-order chi connectivity index (χ1) is 8.58. The predicted molar refractivity (Wildman–Crippen MR) is 69.6 cm³/mol. The molecule has 98 valence electrons. The van der Waals surface area contributed by atoms with E-state index >= 15 is 0 Å². The molecular weight excluding hydrogens is 233 g/mol. The van der Waals surface area contributed by atoms with E-state index in [-0.39, 0.29) is 18.4 Å². The maximum absolute atomic E-state index is 13.3. The van der Waals surface area contributed by atoms with Crippen LogP contribution in [0.25, 0.3) is 0 Å². The van der Waals surface area contributed by atoms with E-state index < -0.39 is 5.91 Å². The molecule has 2 rings (SSSR count). The Balaban J connectivity index is 2.31. The number of nitrogens with zero attached hydrogens (tertiary/aromatic N) is 1. The maximum Gasteiger partial charge on any atom is 0.236 e. The van der Waals surface area contributed by atoms with Crippen molar-refractivity contribution in [2.75, 3.05) is 17.2 Å². The lowest BCUT2D eigenvalue weighted by Crippen LogP contribution is -2.40. The number of carbonyl (C=O) groups excluding carboxylic acids is 1. The number of halogens is 1. The Morgan fingerprint density at radius 1 is 1.39 bits per heavy atom. The fraction of sp³-hybridized carbons (Fsp3) is 0.462. The van der Waals surface area contributed by atoms with Gasteiger partial charge in [0.15, 0.2) is 0 Å². The lowest BCUT2D eigenvalue weighted by atomic mass is 10.1. The Morgan fingerprint density at radius 2 is 2.06 bits per heavy atom. The monoisotopic (exact) mass is 251 g/mol. The third-order valence-electron chi connectivity index (χ3n) is 3.39. The minimum Gasteiger partial charge on any atom is -0.397 e. The molecular formula is C13H18FN3O. The molecule has 0 unspecified atom stereocenters. The van der Waals surface area contributed by atoms with Crippen LogP contribution < -0.4 is 16.4 Å². The molecule has 1 aliphatic rings. The van der Waals surface area contributed by atoms with Crippen LogP contribution in [0.4, 0.5) is 15.8 Å². The Hall–Kier alpha value is -1.78. The van der Waals surface area contributed by atoms with E-state index in [9.17, 15) is 9.18 Å². The highest BCUT2D eigenvalue weighted by molar-refractivity contribution is 5.82. The summed E-state index contributed by atoms with van der Waals surface area (Å²) < 4.78 is 13.3. The van der Waals surface area contributed by atoms with E-state index in [4.69, 9.17) is 11.5 Å². The summed E-state index contributed by atoms with van der Waals surface area (Å²) in [7, 11) is 0. The van der Waals surface area contributed by atoms with Crippen molar-refractivity contribution in [3.8, 4) is 0 Å². The summed E-state index contributed by atoms with van der Waals surface area (Å²) in [5, 5.41) is 0. The van der Waals surface area contributed by atoms with Crippen molar-refractivity contribution < 1.29 is 9.18 Å². The van der Waals surface area contributed by atoms with Crippen LogP contribution in [0.1, 0.15) is 25.7 Å². The lowest BCUT2D eigenvalue weighted by molar-refractivity contribution is -0.116. The van der Waals surface area contributed by atoms with Crippen LogP contribution in [-0.2, 0) is 4.79 Å². The van der Waals surface area contributed by atoms with Crippen molar-refractivity contribution in [1.29, 1.82) is 0 Å². The third kappa shape index (κ3) is 2.72. The summed E-state index contributed by atoms with van der Waals surface area (Å²) >= 11 is 0. The van der Waals surface area contributed by atoms with Crippen LogP contribution in [0.3, 0.4) is 0 Å². The number of rotatable bonds is 4. The van der Waals surface area contributed by atoms with Crippen molar-refractivity contribution in [3.63, 3.8) is 0 Å². The number of nitrogen functional groups attached to an aromatic ring is 1. The normalized spacial score (nSPS) is 15.8. The molecule has 0 spiro atoms. The van der Waals surface area contributed by atoms with Gasteiger partial charge in [0.2, 0.25) is 5.91 Å². The molecule has 0 radical (unpaired) electrons. The zero-order valence-corrected chi connectivity index (χ0v) is 10.2. The van der Waals surface area contributed by atoms with Crippen LogP contribution >= 0.6 is 0 Å². The molecule has 1 aromatic carbocycles. The highest BCUT2D eigenvalue weighted by Crippen LogP contribution is 2.32. The van der Waals surface area contributed by atoms with E-state index in [1.54, 1.807) is 0 Å². The molecule has 18 heavy (non-hydrogen) atoms. The smallest absolute Gasteiger partial charge is 0.236 e. The second kappa shape index (κ2) is 5.25. The third-order valence-corrected chi connectivity index (χ3v) is 3.39. The van der Waals surface area contributed by atoms with Gasteiger partial charge in [0.05, 0.1) is 17.9 Å². The Kier molecular flexibility index (Phi) is 3.69. The molecule has 0 atom stereocenters. The van der Waals surface area contributed by atoms with E-state index in [1.807, 2.05) is 4.90 Å². The number of hydrogen-bond acceptors (Lipinski definition) is 3. The molecule has 1 saturated carbocycles. The first-order valence-electron chi connectivity index (χ1n) is 6.18. The van der Waals surface area contributed by atoms with Gasteiger partial charge in [-0.05, 0) is 31.0 Å². The van der Waals surface area contributed by atoms with E-state index in [2.05, 4.69) is 0 Å². The van der Waals surface area contributed by atoms with Gasteiger partial charge in [-0.25, -0.2) is 4.39 Å². The second-order valence-corrected chi connectivity index (χ2v) is 4.74. The van der Waals surface area contributed by atoms with Gasteiger partial charge in [0.25, 0.3) is 0 Å². The summed E-state index contributed by atoms with van der Waals surface area (Å²) in [4.78, 5) is 13.0. The first kappa shape index (κ1) is 12.7. The highest BCUT2D eigenvalue weighted by atomic mass is 19.1. The fourth-order valence-electron chi connectivity index (χ4n) is 2.56. The maximum atomic E-state index is 13.3. The van der Waals surface area contributed by atoms with Gasteiger partial charge in [-0.3, -0.25) is 4.79 Å². The molecule has 5 heteroatoms. The summed E-state index contributed by atoms with van der Waals surface area (Å²) in [5.74, 6) is -0.780. The minimum atomic E-state index is -0.425. The van der Waals surface area contributed by atoms with Crippen molar-refractivity contribution in [3.05, 3.63) is 24.0 Å². The van der Waals surface area contributed by atoms with Crippen molar-refractivity contribution in [2.24, 2.45) is 5.73 Å². The molecule has 0 heterocycles. The largest absolute Gasteiger partial charge is 0.397 e.